The topological polar surface area (TPSA) is 105 Å². The molecule has 0 fully saturated rings. The number of aromatic carboxylic acids is 1. The summed E-state index contributed by atoms with van der Waals surface area (Å²) < 4.78 is 5.17. The normalized spacial score (nSPS) is 11.3. The van der Waals surface area contributed by atoms with Crippen LogP contribution >= 0.6 is 0 Å². The third-order valence-electron chi connectivity index (χ3n) is 3.81. The fraction of sp³-hybridized carbons (Fsp3) is 0.250. The van der Waals surface area contributed by atoms with Gasteiger partial charge in [-0.05, 0) is 30.2 Å². The van der Waals surface area contributed by atoms with Crippen LogP contribution in [0.2, 0.25) is 0 Å². The fourth-order valence-electron chi connectivity index (χ4n) is 2.43. The van der Waals surface area contributed by atoms with Crippen LogP contribution in [-0.2, 0) is 22.6 Å². The summed E-state index contributed by atoms with van der Waals surface area (Å²) in [6.07, 6.45) is -0.483. The lowest BCUT2D eigenvalue weighted by atomic mass is 10.0. The molecule has 142 valence electrons. The Hall–Kier alpha value is -3.35. The summed E-state index contributed by atoms with van der Waals surface area (Å²) in [5.74, 6) is -1.36. The van der Waals surface area contributed by atoms with Crippen molar-refractivity contribution in [3.8, 4) is 0 Å². The van der Waals surface area contributed by atoms with Gasteiger partial charge in [0, 0.05) is 13.0 Å². The molecule has 0 saturated carbocycles. The molecule has 0 aliphatic rings. The molecule has 0 saturated heterocycles. The van der Waals surface area contributed by atoms with Gasteiger partial charge in [0.1, 0.15) is 12.6 Å². The first-order chi connectivity index (χ1) is 13.0. The van der Waals surface area contributed by atoms with Crippen LogP contribution in [0, 0.1) is 0 Å². The van der Waals surface area contributed by atoms with Crippen molar-refractivity contribution >= 4 is 18.0 Å². The molecule has 7 heteroatoms. The zero-order valence-corrected chi connectivity index (χ0v) is 15.0. The second kappa shape index (κ2) is 9.96. The number of hydrogen-bond donors (Lipinski definition) is 3. The Kier molecular flexibility index (Phi) is 7.37. The molecule has 2 aromatic rings. The third kappa shape index (κ3) is 6.47. The van der Waals surface area contributed by atoms with E-state index in [2.05, 4.69) is 10.6 Å². The number of carbonyl (C=O) groups excluding carboxylic acids is 2. The molecular weight excluding hydrogens is 348 g/mol. The molecule has 0 spiro atoms. The maximum atomic E-state index is 12.3. The van der Waals surface area contributed by atoms with E-state index in [1.807, 2.05) is 30.3 Å². The van der Waals surface area contributed by atoms with Gasteiger partial charge in [-0.2, -0.15) is 0 Å². The molecule has 0 aliphatic heterocycles. The molecule has 2 amide bonds. The molecular formula is C20H22N2O5. The van der Waals surface area contributed by atoms with E-state index in [9.17, 15) is 14.4 Å². The highest BCUT2D eigenvalue weighted by Gasteiger charge is 2.21. The van der Waals surface area contributed by atoms with Crippen molar-refractivity contribution in [2.75, 3.05) is 6.54 Å². The Balaban J connectivity index is 1.99. The zero-order chi connectivity index (χ0) is 19.6. The summed E-state index contributed by atoms with van der Waals surface area (Å²) in [6, 6.07) is 14.5. The summed E-state index contributed by atoms with van der Waals surface area (Å²) in [7, 11) is 0. The quantitative estimate of drug-likeness (QED) is 0.662. The van der Waals surface area contributed by atoms with Crippen LogP contribution < -0.4 is 10.6 Å². The van der Waals surface area contributed by atoms with Crippen molar-refractivity contribution in [3.63, 3.8) is 0 Å². The molecule has 0 radical (unpaired) electrons. The predicted molar refractivity (Wildman–Crippen MR) is 99.3 cm³/mol. The monoisotopic (exact) mass is 370 g/mol. The van der Waals surface area contributed by atoms with Gasteiger partial charge in [-0.15, -0.1) is 0 Å². The minimum absolute atomic E-state index is 0.0993. The van der Waals surface area contributed by atoms with E-state index < -0.39 is 18.1 Å². The Labute approximate surface area is 157 Å². The average molecular weight is 370 g/mol. The number of carboxylic acids is 1. The van der Waals surface area contributed by atoms with E-state index in [4.69, 9.17) is 9.84 Å². The van der Waals surface area contributed by atoms with Gasteiger partial charge in [-0.3, -0.25) is 4.79 Å². The summed E-state index contributed by atoms with van der Waals surface area (Å²) >= 11 is 0. The first-order valence-electron chi connectivity index (χ1n) is 8.56. The average Bonchev–Trinajstić information content (AvgIpc) is 2.67. The highest BCUT2D eigenvalue weighted by molar-refractivity contribution is 5.88. The van der Waals surface area contributed by atoms with E-state index in [0.29, 0.717) is 6.54 Å². The maximum Gasteiger partial charge on any atom is 0.408 e. The number of carbonyl (C=O) groups is 3. The summed E-state index contributed by atoms with van der Waals surface area (Å²) in [5, 5.41) is 14.2. The van der Waals surface area contributed by atoms with Crippen LogP contribution in [0.3, 0.4) is 0 Å². The largest absolute Gasteiger partial charge is 0.478 e. The van der Waals surface area contributed by atoms with Crippen molar-refractivity contribution in [1.82, 2.24) is 10.6 Å². The number of alkyl carbamates (subject to hydrolysis) is 1. The van der Waals surface area contributed by atoms with Gasteiger partial charge >= 0.3 is 12.1 Å². The van der Waals surface area contributed by atoms with Gasteiger partial charge in [0.2, 0.25) is 5.91 Å². The van der Waals surface area contributed by atoms with Crippen LogP contribution in [0.15, 0.2) is 54.6 Å². The molecule has 0 unspecified atom stereocenters. The van der Waals surface area contributed by atoms with Crippen LogP contribution in [0.5, 0.6) is 0 Å². The Morgan fingerprint density at radius 2 is 1.67 bits per heavy atom. The summed E-state index contributed by atoms with van der Waals surface area (Å²) in [6.45, 7) is 2.31. The molecule has 0 aromatic heterocycles. The third-order valence-corrected chi connectivity index (χ3v) is 3.81. The molecule has 0 heterocycles. The zero-order valence-electron chi connectivity index (χ0n) is 15.0. The molecule has 27 heavy (non-hydrogen) atoms. The number of rotatable bonds is 8. The standard InChI is InChI=1S/C20H22N2O5/c1-2-21-18(23)17(12-14-8-10-16(11-9-14)19(24)25)22-20(26)27-13-15-6-4-3-5-7-15/h3-11,17H,2,12-13H2,1H3,(H,21,23)(H,22,26)(H,24,25)/t17-/m0/s1. The van der Waals surface area contributed by atoms with E-state index in [1.165, 1.54) is 12.1 Å². The number of ether oxygens (including phenoxy) is 1. The Morgan fingerprint density at radius 1 is 1.00 bits per heavy atom. The SMILES string of the molecule is CCNC(=O)[C@H](Cc1ccc(C(=O)O)cc1)NC(=O)OCc1ccccc1. The lowest BCUT2D eigenvalue weighted by molar-refractivity contribution is -0.122. The number of benzene rings is 2. The van der Waals surface area contributed by atoms with Gasteiger partial charge in [0.25, 0.3) is 0 Å². The molecule has 0 aliphatic carbocycles. The van der Waals surface area contributed by atoms with Crippen molar-refractivity contribution in [1.29, 1.82) is 0 Å². The first-order valence-corrected chi connectivity index (χ1v) is 8.56. The van der Waals surface area contributed by atoms with E-state index in [-0.39, 0.29) is 24.5 Å². The molecule has 7 nitrogen and oxygen atoms in total. The van der Waals surface area contributed by atoms with E-state index >= 15 is 0 Å². The fourth-order valence-corrected chi connectivity index (χ4v) is 2.43. The maximum absolute atomic E-state index is 12.3. The number of carboxylic acid groups (broad SMARTS) is 1. The van der Waals surface area contributed by atoms with Gasteiger partial charge in [-0.1, -0.05) is 42.5 Å². The van der Waals surface area contributed by atoms with Crippen molar-refractivity contribution in [3.05, 3.63) is 71.3 Å². The molecule has 2 rings (SSSR count). The second-order valence-electron chi connectivity index (χ2n) is 5.86. The minimum Gasteiger partial charge on any atom is -0.478 e. The van der Waals surface area contributed by atoms with Gasteiger partial charge in [0.15, 0.2) is 0 Å². The van der Waals surface area contributed by atoms with Crippen molar-refractivity contribution < 1.29 is 24.2 Å². The van der Waals surface area contributed by atoms with Crippen molar-refractivity contribution in [2.24, 2.45) is 0 Å². The highest BCUT2D eigenvalue weighted by atomic mass is 16.5. The number of amides is 2. The van der Waals surface area contributed by atoms with Crippen LogP contribution in [0.4, 0.5) is 4.79 Å². The molecule has 0 bridgehead atoms. The number of hydrogen-bond acceptors (Lipinski definition) is 4. The van der Waals surface area contributed by atoms with Crippen molar-refractivity contribution in [2.45, 2.75) is 26.0 Å². The van der Waals surface area contributed by atoms with Gasteiger partial charge in [-0.25, -0.2) is 9.59 Å². The predicted octanol–water partition coefficient (Wildman–Crippen LogP) is 2.36. The lowest BCUT2D eigenvalue weighted by Crippen LogP contribution is -2.48. The smallest absolute Gasteiger partial charge is 0.408 e. The van der Waals surface area contributed by atoms with Crippen LogP contribution in [-0.4, -0.2) is 35.7 Å². The summed E-state index contributed by atoms with van der Waals surface area (Å²) in [4.78, 5) is 35.3. The minimum atomic E-state index is -1.02. The lowest BCUT2D eigenvalue weighted by Gasteiger charge is -2.18. The molecule has 3 N–H and O–H groups in total. The molecule has 2 aromatic carbocycles. The second-order valence-corrected chi connectivity index (χ2v) is 5.86. The Morgan fingerprint density at radius 3 is 2.26 bits per heavy atom. The molecule has 1 atom stereocenters. The summed E-state index contributed by atoms with van der Waals surface area (Å²) in [5.41, 5.74) is 1.72. The number of likely N-dealkylation sites (N-methyl/N-ethyl adjacent to an activating group) is 1. The Bertz CT molecular complexity index is 775. The first kappa shape index (κ1) is 20.0. The van der Waals surface area contributed by atoms with Gasteiger partial charge < -0.3 is 20.5 Å². The van der Waals surface area contributed by atoms with E-state index in [1.54, 1.807) is 19.1 Å². The van der Waals surface area contributed by atoms with E-state index in [0.717, 1.165) is 11.1 Å². The van der Waals surface area contributed by atoms with Gasteiger partial charge in [0.05, 0.1) is 5.56 Å². The van der Waals surface area contributed by atoms with Crippen LogP contribution in [0.25, 0.3) is 0 Å². The highest BCUT2D eigenvalue weighted by Crippen LogP contribution is 2.08. The number of nitrogens with one attached hydrogen (secondary N) is 2. The van der Waals surface area contributed by atoms with Crippen LogP contribution in [0.1, 0.15) is 28.4 Å².